The van der Waals surface area contributed by atoms with Gasteiger partial charge in [-0.25, -0.2) is 16.8 Å². The molecule has 0 atom stereocenters. The molecule has 0 heterocycles. The van der Waals surface area contributed by atoms with Crippen molar-refractivity contribution in [2.75, 3.05) is 5.73 Å². The zero-order valence-electron chi connectivity index (χ0n) is 31.3. The maximum atomic E-state index is 12.3. The molecule has 4 N–H and O–H groups in total. The number of nitrogen functional groups attached to an aromatic ring is 1. The van der Waals surface area contributed by atoms with E-state index in [1.807, 2.05) is 0 Å². The van der Waals surface area contributed by atoms with Crippen molar-refractivity contribution < 1.29 is 140 Å². The first-order chi connectivity index (χ1) is 26.9. The van der Waals surface area contributed by atoms with E-state index in [-0.39, 0.29) is 111 Å². The van der Waals surface area contributed by atoms with Crippen LogP contribution >= 0.6 is 0 Å². The molecule has 0 aliphatic heterocycles. The third kappa shape index (κ3) is 11.4. The summed E-state index contributed by atoms with van der Waals surface area (Å²) in [5.41, 5.74) is 5.24. The fourth-order valence-electron chi connectivity index (χ4n) is 5.25. The number of benzene rings is 6. The van der Waals surface area contributed by atoms with E-state index in [1.165, 1.54) is 30.3 Å². The number of nitro benzene ring substituents is 1. The predicted octanol–water partition coefficient (Wildman–Crippen LogP) is -2.16. The number of non-ortho nitro benzene ring substituents is 1. The molecule has 0 saturated carbocycles. The van der Waals surface area contributed by atoms with Crippen molar-refractivity contribution in [3.63, 3.8) is 0 Å². The van der Waals surface area contributed by atoms with E-state index in [0.29, 0.717) is 28.9 Å². The van der Waals surface area contributed by atoms with Gasteiger partial charge in [-0.3, -0.25) is 10.1 Å². The molecule has 0 fully saturated rings. The minimum atomic E-state index is -5.43. The van der Waals surface area contributed by atoms with Crippen LogP contribution in [0, 0.1) is 10.1 Å². The molecular formula is C35H21N8Na3O12S2. The van der Waals surface area contributed by atoms with Gasteiger partial charge in [0.2, 0.25) is 0 Å². The molecule has 6 aromatic carbocycles. The van der Waals surface area contributed by atoms with E-state index in [1.54, 1.807) is 36.4 Å². The number of rotatable bonds is 11. The third-order valence-electron chi connectivity index (χ3n) is 7.99. The number of carbonyl (C=O) groups excluding carboxylic acids is 1. The van der Waals surface area contributed by atoms with Crippen molar-refractivity contribution >= 4 is 82.5 Å². The Morgan fingerprint density at radius 1 is 0.600 bits per heavy atom. The van der Waals surface area contributed by atoms with Gasteiger partial charge >= 0.3 is 88.7 Å². The zero-order chi connectivity index (χ0) is 41.2. The first-order valence-corrected chi connectivity index (χ1v) is 18.5. The average Bonchev–Trinajstić information content (AvgIpc) is 3.16. The average molecular weight is 879 g/mol. The van der Waals surface area contributed by atoms with Crippen LogP contribution < -0.4 is 99.5 Å². The number of aromatic carboxylic acids is 1. The molecule has 0 aliphatic carbocycles. The van der Waals surface area contributed by atoms with Gasteiger partial charge in [-0.15, -0.1) is 10.2 Å². The van der Waals surface area contributed by atoms with Crippen LogP contribution in [0.15, 0.2) is 144 Å². The quantitative estimate of drug-likeness (QED) is 0.0312. The Hall–Kier alpha value is -4.53. The van der Waals surface area contributed by atoms with E-state index in [9.17, 15) is 56.2 Å². The molecular weight excluding hydrogens is 858 g/mol. The number of nitrogens with zero attached hydrogens (tertiary/aromatic N) is 7. The van der Waals surface area contributed by atoms with Gasteiger partial charge < -0.3 is 35.0 Å². The molecule has 20 nitrogen and oxygen atoms in total. The van der Waals surface area contributed by atoms with Crippen LogP contribution in [0.2, 0.25) is 0 Å². The molecule has 6 aromatic rings. The molecule has 0 saturated heterocycles. The molecule has 0 aliphatic rings. The fourth-order valence-corrected chi connectivity index (χ4v) is 6.56. The van der Waals surface area contributed by atoms with Crippen molar-refractivity contribution in [2.45, 2.75) is 9.79 Å². The molecule has 0 spiro atoms. The normalized spacial score (nSPS) is 11.6. The van der Waals surface area contributed by atoms with Crippen molar-refractivity contribution in [3.05, 3.63) is 119 Å². The second-order valence-corrected chi connectivity index (χ2v) is 14.4. The Morgan fingerprint density at radius 3 is 1.45 bits per heavy atom. The van der Waals surface area contributed by atoms with Crippen molar-refractivity contribution in [1.29, 1.82) is 0 Å². The topological polar surface area (TPSA) is 338 Å². The van der Waals surface area contributed by atoms with Crippen LogP contribution in [0.3, 0.4) is 0 Å². The molecule has 6 rings (SSSR count). The second-order valence-electron chi connectivity index (χ2n) is 11.7. The third-order valence-corrected chi connectivity index (χ3v) is 9.69. The zero-order valence-corrected chi connectivity index (χ0v) is 38.9. The van der Waals surface area contributed by atoms with Crippen LogP contribution in [0.5, 0.6) is 11.5 Å². The van der Waals surface area contributed by atoms with Gasteiger partial charge in [0.15, 0.2) is 5.75 Å². The summed E-state index contributed by atoms with van der Waals surface area (Å²) >= 11 is 0. The van der Waals surface area contributed by atoms with Crippen molar-refractivity contribution in [1.82, 2.24) is 0 Å². The monoisotopic (exact) mass is 878 g/mol. The van der Waals surface area contributed by atoms with E-state index in [4.69, 9.17) is 5.73 Å². The Kier molecular flexibility index (Phi) is 16.9. The largest absolute Gasteiger partial charge is 1.00 e. The number of anilines is 1. The Bertz CT molecular complexity index is 2940. The number of carbonyl (C=O) groups is 1. The molecule has 288 valence electrons. The number of nitrogens with two attached hydrogens (primary N) is 1. The van der Waals surface area contributed by atoms with Gasteiger partial charge in [-0.05, 0) is 83.2 Å². The summed E-state index contributed by atoms with van der Waals surface area (Å²) in [5.74, 6) is -3.07. The number of carboxylic acids is 1. The number of nitro groups is 1. The van der Waals surface area contributed by atoms with Crippen LogP contribution in [-0.2, 0) is 20.2 Å². The molecule has 0 amide bonds. The van der Waals surface area contributed by atoms with E-state index < -0.39 is 85.8 Å². The minimum absolute atomic E-state index is 0. The maximum absolute atomic E-state index is 12.3. The van der Waals surface area contributed by atoms with Crippen LogP contribution in [0.25, 0.3) is 21.9 Å². The molecule has 0 bridgehead atoms. The molecule has 0 radical (unpaired) electrons. The number of azo groups is 3. The number of hydrogen-bond donors (Lipinski definition) is 3. The Morgan fingerprint density at radius 2 is 1.00 bits per heavy atom. The fraction of sp³-hybridized carbons (Fsp3) is 0. The summed E-state index contributed by atoms with van der Waals surface area (Å²) in [5, 5.41) is 65.4. The first kappa shape index (κ1) is 49.8. The number of phenols is 2. The standard InChI is InChI=1S/C35H24N8O12S2.3Na/c36-31-30-20(15-28(56(50,51)52)32(31)41-38-23-9-12-25(13-10-23)43(48)49)16-29(57(53,54)55)33(34(30)45)42-39-22-7-3-19(4-8-22)18-1-5-21(6-2-18)37-40-24-11-14-27(44)26(17-24)35(46)47;;;/h1-17,44-45H,36H2,(H,46,47)(H,50,51,52)(H,53,54,55);;;/q;3*+1/p-3. The summed E-state index contributed by atoms with van der Waals surface area (Å²) in [6, 6.07) is 22.3. The molecule has 0 aromatic heterocycles. The summed E-state index contributed by atoms with van der Waals surface area (Å²) < 4.78 is 73.6. The first-order valence-electron chi connectivity index (χ1n) is 15.7. The number of hydrogen-bond acceptors (Lipinski definition) is 19. The number of aromatic hydroxyl groups is 2. The van der Waals surface area contributed by atoms with Crippen LogP contribution in [0.4, 0.5) is 45.5 Å². The van der Waals surface area contributed by atoms with Gasteiger partial charge in [0.1, 0.15) is 37.4 Å². The molecule has 60 heavy (non-hydrogen) atoms. The number of fused-ring (bicyclic) bond motifs is 1. The van der Waals surface area contributed by atoms with Crippen LogP contribution in [0.1, 0.15) is 10.4 Å². The van der Waals surface area contributed by atoms with Crippen LogP contribution in [-0.4, -0.2) is 47.0 Å². The summed E-state index contributed by atoms with van der Waals surface area (Å²) in [6.45, 7) is 0. The number of carboxylic acid groups (broad SMARTS) is 1. The van der Waals surface area contributed by atoms with Gasteiger partial charge in [0.25, 0.3) is 5.69 Å². The Balaban J connectivity index is 0.00000320. The number of phenolic OH excluding ortho intramolecular Hbond substituents is 1. The van der Waals surface area contributed by atoms with E-state index >= 15 is 0 Å². The maximum Gasteiger partial charge on any atom is 1.00 e. The van der Waals surface area contributed by atoms with Gasteiger partial charge in [-0.2, -0.15) is 20.5 Å². The van der Waals surface area contributed by atoms with Crippen molar-refractivity contribution in [2.24, 2.45) is 30.7 Å². The smallest absolute Gasteiger partial charge is 0.744 e. The summed E-state index contributed by atoms with van der Waals surface area (Å²) in [7, 11) is -10.8. The molecule has 25 heteroatoms. The predicted molar refractivity (Wildman–Crippen MR) is 196 cm³/mol. The second kappa shape index (κ2) is 20.4. The van der Waals surface area contributed by atoms with Gasteiger partial charge in [0, 0.05) is 17.7 Å². The van der Waals surface area contributed by atoms with Gasteiger partial charge in [0.05, 0.1) is 54.5 Å². The molecule has 0 unspecified atom stereocenters. The van der Waals surface area contributed by atoms with E-state index in [0.717, 1.165) is 24.3 Å². The Labute approximate surface area is 405 Å². The summed E-state index contributed by atoms with van der Waals surface area (Å²) in [4.78, 5) is 19.2. The van der Waals surface area contributed by atoms with Gasteiger partial charge in [-0.1, -0.05) is 24.3 Å². The summed E-state index contributed by atoms with van der Waals surface area (Å²) in [6.07, 6.45) is 0. The van der Waals surface area contributed by atoms with Crippen molar-refractivity contribution in [3.8, 4) is 22.6 Å². The van der Waals surface area contributed by atoms with E-state index in [2.05, 4.69) is 30.7 Å². The minimum Gasteiger partial charge on any atom is -0.744 e. The SMILES string of the molecule is Nc1c(N=Nc2ccc([N+](=O)[O-])cc2)c(S(=O)(=O)[O-])cc2cc(S(=O)(=O)[O-])c(N=Nc3ccc(-c4ccc(N=Nc5ccc(O)c(C(=O)[O-])c5)cc4)cc3)c(O)c12.[Na+].[Na+].[Na+].